The average Bonchev–Trinajstić information content (AvgIpc) is 3.41. The molecule has 0 amide bonds. The summed E-state index contributed by atoms with van der Waals surface area (Å²) in [7, 11) is 0. The van der Waals surface area contributed by atoms with Crippen LogP contribution < -0.4 is 0 Å². The van der Waals surface area contributed by atoms with E-state index in [2.05, 4.69) is 20.4 Å². The largest absolute Gasteiger partial charge is 0.457 e. The number of rotatable bonds is 7. The molecule has 9 heteroatoms. The maximum atomic E-state index is 12.7. The van der Waals surface area contributed by atoms with Crippen molar-refractivity contribution in [2.24, 2.45) is 0 Å². The molecular weight excluding hydrogens is 418 g/mol. The molecule has 158 valence electrons. The Labute approximate surface area is 183 Å². The first-order chi connectivity index (χ1) is 15.0. The maximum Gasteiger partial charge on any atom is 0.333 e. The molecule has 1 atom stereocenters. The van der Waals surface area contributed by atoms with Crippen molar-refractivity contribution in [2.45, 2.75) is 32.9 Å². The normalized spacial score (nSPS) is 12.0. The zero-order chi connectivity index (χ0) is 21.8. The Kier molecular flexibility index (Phi) is 6.08. The fourth-order valence-corrected chi connectivity index (χ4v) is 3.12. The van der Waals surface area contributed by atoms with Gasteiger partial charge < -0.3 is 9.15 Å². The van der Waals surface area contributed by atoms with Gasteiger partial charge in [-0.05, 0) is 55.0 Å². The molecule has 0 bridgehead atoms. The first-order valence-corrected chi connectivity index (χ1v) is 10.2. The molecule has 0 aliphatic heterocycles. The van der Waals surface area contributed by atoms with Crippen molar-refractivity contribution in [1.82, 2.24) is 25.2 Å². The molecular formula is C22H20ClN5O3. The van der Waals surface area contributed by atoms with Crippen LogP contribution in [0.5, 0.6) is 0 Å². The van der Waals surface area contributed by atoms with E-state index in [-0.39, 0.29) is 6.61 Å². The molecule has 0 spiro atoms. The highest BCUT2D eigenvalue weighted by Gasteiger charge is 2.24. The third-order valence-electron chi connectivity index (χ3n) is 4.73. The predicted octanol–water partition coefficient (Wildman–Crippen LogP) is 4.65. The van der Waals surface area contributed by atoms with Crippen LogP contribution >= 0.6 is 11.6 Å². The SMILES string of the molecule is CCC(C(=O)OCc1nc(-c2ccccc2)oc1C)n1nnc(-c2ccc(Cl)cc2)n1. The molecule has 0 aliphatic rings. The second-order valence-electron chi connectivity index (χ2n) is 6.86. The number of carbonyl (C=O) groups excluding carboxylic acids is 1. The van der Waals surface area contributed by atoms with E-state index < -0.39 is 12.0 Å². The first-order valence-electron chi connectivity index (χ1n) is 9.79. The minimum Gasteiger partial charge on any atom is -0.457 e. The highest BCUT2D eigenvalue weighted by atomic mass is 35.5. The second kappa shape index (κ2) is 9.09. The number of tetrazole rings is 1. The fraction of sp³-hybridized carbons (Fsp3) is 0.227. The van der Waals surface area contributed by atoms with Gasteiger partial charge in [-0.3, -0.25) is 0 Å². The van der Waals surface area contributed by atoms with Crippen molar-refractivity contribution < 1.29 is 13.9 Å². The highest BCUT2D eigenvalue weighted by molar-refractivity contribution is 6.30. The molecule has 2 aromatic carbocycles. The van der Waals surface area contributed by atoms with Gasteiger partial charge in [0.15, 0.2) is 6.04 Å². The molecule has 4 rings (SSSR count). The Morgan fingerprint density at radius 1 is 1.13 bits per heavy atom. The van der Waals surface area contributed by atoms with E-state index in [4.69, 9.17) is 20.8 Å². The summed E-state index contributed by atoms with van der Waals surface area (Å²) >= 11 is 5.92. The van der Waals surface area contributed by atoms with Gasteiger partial charge in [0, 0.05) is 16.1 Å². The van der Waals surface area contributed by atoms with Crippen molar-refractivity contribution in [3.05, 3.63) is 71.1 Å². The van der Waals surface area contributed by atoms with E-state index in [9.17, 15) is 4.79 Å². The molecule has 2 heterocycles. The van der Waals surface area contributed by atoms with Gasteiger partial charge in [0.05, 0.1) is 0 Å². The van der Waals surface area contributed by atoms with Gasteiger partial charge in [0.2, 0.25) is 11.7 Å². The smallest absolute Gasteiger partial charge is 0.333 e. The average molecular weight is 438 g/mol. The maximum absolute atomic E-state index is 12.7. The van der Waals surface area contributed by atoms with Crippen molar-refractivity contribution in [3.8, 4) is 22.8 Å². The topological polar surface area (TPSA) is 95.9 Å². The van der Waals surface area contributed by atoms with E-state index in [0.29, 0.717) is 34.6 Å². The van der Waals surface area contributed by atoms with Gasteiger partial charge in [0.25, 0.3) is 0 Å². The van der Waals surface area contributed by atoms with Gasteiger partial charge in [0.1, 0.15) is 18.1 Å². The molecule has 0 radical (unpaired) electrons. The number of carbonyl (C=O) groups is 1. The van der Waals surface area contributed by atoms with Crippen LogP contribution in [0.25, 0.3) is 22.8 Å². The van der Waals surface area contributed by atoms with E-state index in [1.165, 1.54) is 4.80 Å². The zero-order valence-electron chi connectivity index (χ0n) is 17.0. The Morgan fingerprint density at radius 2 is 1.87 bits per heavy atom. The second-order valence-corrected chi connectivity index (χ2v) is 7.30. The van der Waals surface area contributed by atoms with Crippen LogP contribution in [-0.4, -0.2) is 31.2 Å². The lowest BCUT2D eigenvalue weighted by molar-refractivity contribution is -0.150. The molecule has 0 aliphatic carbocycles. The van der Waals surface area contributed by atoms with Crippen LogP contribution in [0, 0.1) is 6.92 Å². The summed E-state index contributed by atoms with van der Waals surface area (Å²) in [4.78, 5) is 18.4. The summed E-state index contributed by atoms with van der Waals surface area (Å²) < 4.78 is 11.2. The van der Waals surface area contributed by atoms with Crippen LogP contribution in [0.15, 0.2) is 59.0 Å². The van der Waals surface area contributed by atoms with Gasteiger partial charge >= 0.3 is 5.97 Å². The lowest BCUT2D eigenvalue weighted by Crippen LogP contribution is -2.23. The first kappa shape index (κ1) is 20.7. The van der Waals surface area contributed by atoms with Gasteiger partial charge in [-0.15, -0.1) is 15.0 Å². The Balaban J connectivity index is 1.44. The lowest BCUT2D eigenvalue weighted by atomic mass is 10.2. The number of aryl methyl sites for hydroxylation is 1. The monoisotopic (exact) mass is 437 g/mol. The van der Waals surface area contributed by atoms with Crippen LogP contribution in [0.2, 0.25) is 5.02 Å². The van der Waals surface area contributed by atoms with Crippen molar-refractivity contribution in [2.75, 3.05) is 0 Å². The summed E-state index contributed by atoms with van der Waals surface area (Å²) in [5.74, 6) is 1.03. The van der Waals surface area contributed by atoms with E-state index in [1.807, 2.05) is 37.3 Å². The molecule has 4 aromatic rings. The van der Waals surface area contributed by atoms with E-state index in [1.54, 1.807) is 31.2 Å². The van der Waals surface area contributed by atoms with Gasteiger partial charge in [-0.25, -0.2) is 9.78 Å². The molecule has 8 nitrogen and oxygen atoms in total. The molecule has 1 unspecified atom stereocenters. The summed E-state index contributed by atoms with van der Waals surface area (Å²) in [6.07, 6.45) is 0.447. The lowest BCUT2D eigenvalue weighted by Gasteiger charge is -2.12. The van der Waals surface area contributed by atoms with Gasteiger partial charge in [-0.2, -0.15) is 0 Å². The fourth-order valence-electron chi connectivity index (χ4n) is 3.00. The summed E-state index contributed by atoms with van der Waals surface area (Å²) in [5.41, 5.74) is 2.18. The van der Waals surface area contributed by atoms with Crippen LogP contribution in [-0.2, 0) is 16.1 Å². The highest BCUT2D eigenvalue weighted by Crippen LogP contribution is 2.23. The minimum absolute atomic E-state index is 0.00373. The number of hydrogen-bond donors (Lipinski definition) is 0. The number of oxazole rings is 1. The molecule has 0 saturated carbocycles. The minimum atomic E-state index is -0.700. The Hall–Kier alpha value is -3.52. The standard InChI is InChI=1S/C22H20ClN5O3/c1-3-19(28-26-20(25-27-28)15-9-11-17(23)12-10-15)22(29)30-13-18-14(2)31-21(24-18)16-7-5-4-6-8-16/h4-12,19H,3,13H2,1-2H3. The summed E-state index contributed by atoms with van der Waals surface area (Å²) in [5, 5.41) is 13.0. The Bertz CT molecular complexity index is 1170. The summed E-state index contributed by atoms with van der Waals surface area (Å²) in [6, 6.07) is 15.9. The van der Waals surface area contributed by atoms with Crippen LogP contribution in [0.3, 0.4) is 0 Å². The molecule has 31 heavy (non-hydrogen) atoms. The third kappa shape index (κ3) is 4.64. The number of ether oxygens (including phenoxy) is 1. The van der Waals surface area contributed by atoms with E-state index >= 15 is 0 Å². The number of hydrogen-bond acceptors (Lipinski definition) is 7. The third-order valence-corrected chi connectivity index (χ3v) is 4.98. The van der Waals surface area contributed by atoms with Crippen molar-refractivity contribution in [1.29, 1.82) is 0 Å². The van der Waals surface area contributed by atoms with Crippen LogP contribution in [0.4, 0.5) is 0 Å². The molecule has 2 aromatic heterocycles. The predicted molar refractivity (Wildman–Crippen MR) is 114 cm³/mol. The number of benzene rings is 2. The van der Waals surface area contributed by atoms with Crippen molar-refractivity contribution >= 4 is 17.6 Å². The van der Waals surface area contributed by atoms with Crippen LogP contribution in [0.1, 0.15) is 30.8 Å². The molecule has 0 saturated heterocycles. The Morgan fingerprint density at radius 3 is 2.58 bits per heavy atom. The van der Waals surface area contributed by atoms with Crippen molar-refractivity contribution in [3.63, 3.8) is 0 Å². The summed E-state index contributed by atoms with van der Waals surface area (Å²) in [6.45, 7) is 3.64. The number of aromatic nitrogens is 5. The molecule has 0 N–H and O–H groups in total. The van der Waals surface area contributed by atoms with Gasteiger partial charge in [-0.1, -0.05) is 36.7 Å². The molecule has 0 fully saturated rings. The number of nitrogens with zero attached hydrogens (tertiary/aromatic N) is 5. The van der Waals surface area contributed by atoms with E-state index in [0.717, 1.165) is 11.1 Å². The number of halogens is 1. The number of esters is 1. The quantitative estimate of drug-likeness (QED) is 0.388. The zero-order valence-corrected chi connectivity index (χ0v) is 17.8.